The average Bonchev–Trinajstić information content (AvgIpc) is 1.64. The number of nitrogens with one attached hydrogen (secondary N) is 5. The van der Waals surface area contributed by atoms with Gasteiger partial charge in [-0.15, -0.1) is 0 Å². The second-order valence-corrected chi connectivity index (χ2v) is 40.2. The number of hydrogen-bond donors (Lipinski definition) is 5. The second-order valence-electron chi connectivity index (χ2n) is 39.8. The molecule has 137 heavy (non-hydrogen) atoms. The van der Waals surface area contributed by atoms with Crippen LogP contribution < -0.4 is 26.6 Å². The Kier molecular flexibility index (Phi) is 50.9. The first kappa shape index (κ1) is 116. The van der Waals surface area contributed by atoms with E-state index < -0.39 is 0 Å². The minimum Gasteiger partial charge on any atom is -0.354 e. The van der Waals surface area contributed by atoms with Gasteiger partial charge in [0.05, 0.1) is 53.4 Å². The molecule has 0 saturated heterocycles. The zero-order chi connectivity index (χ0) is 102. The lowest BCUT2D eigenvalue weighted by atomic mass is 9.86. The minimum absolute atomic E-state index is 0.00463. The van der Waals surface area contributed by atoms with Gasteiger partial charge in [-0.25, -0.2) is 4.98 Å². The molecule has 8 heterocycles. The molecule has 0 bridgehead atoms. The largest absolute Gasteiger partial charge is 0.354 e. The number of hydrogen-bond acceptors (Lipinski definition) is 13. The third-order valence-electron chi connectivity index (χ3n) is 23.5. The molecule has 2 fully saturated rings. The summed E-state index contributed by atoms with van der Waals surface area (Å²) in [5.41, 5.74) is 14.4. The number of fused-ring (bicyclic) bond motifs is 5. The number of benzene rings is 4. The summed E-state index contributed by atoms with van der Waals surface area (Å²) in [5, 5.41) is 15.1. The van der Waals surface area contributed by atoms with Crippen LogP contribution in [0.2, 0.25) is 5.02 Å². The molecular weight excluding hydrogens is 1730 g/mol. The molecule has 23 nitrogen and oxygen atoms in total. The lowest BCUT2D eigenvalue weighted by Gasteiger charge is -2.21. The Balaban J connectivity index is 0.000000270. The van der Waals surface area contributed by atoms with E-state index in [2.05, 4.69) is 86.3 Å². The number of rotatable bonds is 22. The molecular formula is C113H164ClN13O10. The predicted octanol–water partition coefficient (Wildman–Crippen LogP) is 22.4. The first-order valence-electron chi connectivity index (χ1n) is 50.3. The monoisotopic (exact) mass is 1900 g/mol. The maximum atomic E-state index is 12.0. The Morgan fingerprint density at radius 2 is 0.854 bits per heavy atom. The van der Waals surface area contributed by atoms with Crippen molar-refractivity contribution in [3.05, 3.63) is 228 Å². The van der Waals surface area contributed by atoms with Gasteiger partial charge in [0.1, 0.15) is 5.69 Å². The minimum atomic E-state index is -0.00870. The number of aromatic nitrogens is 3. The fraction of sp³-hybridized carbons (Fsp3) is 0.549. The SMILES string of the molecule is CC(C)CC(=O)NC(C)C.CC(C)N1Cc2c(Cl)cccc2C1=O.CC(C)N1Cc2ncccc2C1=O.CC(C)NC(=O)CC1CCCCC1.CC(C)NC(=O)CCC1CCCCC1.CC(C)NC(=O)c1ccccc1.CCC#Cc1ccc2c(n1)CN(C(C)C)C2=O.CCCCc1ccc2c(n1)CN(C(C)C)C2=O.Cc1ccc(C(=O)NC(C)C)cc1.Cc1ccc2c(c1)C(=O)N(C(C)C)C2. The maximum Gasteiger partial charge on any atom is 0.256 e. The van der Waals surface area contributed by atoms with E-state index in [1.807, 2.05) is 281 Å². The van der Waals surface area contributed by atoms with Crippen LogP contribution in [0.15, 0.2) is 134 Å². The quantitative estimate of drug-likeness (QED) is 0.0395. The van der Waals surface area contributed by atoms with Crippen LogP contribution in [0.25, 0.3) is 0 Å². The van der Waals surface area contributed by atoms with Gasteiger partial charge in [-0.2, -0.15) is 0 Å². The maximum absolute atomic E-state index is 12.0. The van der Waals surface area contributed by atoms with Crippen LogP contribution in [0.4, 0.5) is 0 Å². The van der Waals surface area contributed by atoms with Crippen LogP contribution in [0.5, 0.6) is 0 Å². The van der Waals surface area contributed by atoms with Gasteiger partial charge >= 0.3 is 0 Å². The van der Waals surface area contributed by atoms with Gasteiger partial charge in [0, 0.05) is 144 Å². The predicted molar refractivity (Wildman–Crippen MR) is 555 cm³/mol. The van der Waals surface area contributed by atoms with Crippen molar-refractivity contribution in [3.8, 4) is 11.8 Å². The molecule has 10 amide bonds. The first-order chi connectivity index (χ1) is 64.8. The van der Waals surface area contributed by atoms with E-state index in [-0.39, 0.29) is 119 Å². The van der Waals surface area contributed by atoms with E-state index in [0.717, 1.165) is 130 Å². The van der Waals surface area contributed by atoms with Crippen molar-refractivity contribution >= 4 is 70.7 Å². The topological polar surface area (TPSA) is 286 Å². The molecule has 14 rings (SSSR count). The molecule has 0 spiro atoms. The molecule has 5 aliphatic heterocycles. The third-order valence-corrected chi connectivity index (χ3v) is 23.9. The van der Waals surface area contributed by atoms with Crippen LogP contribution in [0.1, 0.15) is 399 Å². The number of carbonyl (C=O) groups excluding carboxylic acids is 10. The Morgan fingerprint density at radius 1 is 0.416 bits per heavy atom. The van der Waals surface area contributed by atoms with Gasteiger partial charge in [0.2, 0.25) is 17.7 Å². The van der Waals surface area contributed by atoms with Crippen LogP contribution >= 0.6 is 11.6 Å². The first-order valence-corrected chi connectivity index (χ1v) is 50.7. The van der Waals surface area contributed by atoms with E-state index in [1.54, 1.807) is 24.4 Å². The summed E-state index contributed by atoms with van der Waals surface area (Å²) >= 11 is 6.03. The van der Waals surface area contributed by atoms with Crippen molar-refractivity contribution in [2.45, 2.75) is 389 Å². The van der Waals surface area contributed by atoms with Crippen LogP contribution in [-0.2, 0) is 53.5 Å². The molecule has 2 saturated carbocycles. The van der Waals surface area contributed by atoms with Crippen LogP contribution in [0.3, 0.4) is 0 Å². The zero-order valence-corrected chi connectivity index (χ0v) is 88.3. The number of pyridine rings is 3. The number of unbranched alkanes of at least 4 members (excludes halogenated alkanes) is 1. The van der Waals surface area contributed by atoms with Crippen LogP contribution in [0, 0.1) is 43.4 Å². The molecule has 5 N–H and O–H groups in total. The van der Waals surface area contributed by atoms with E-state index in [4.69, 9.17) is 11.6 Å². The number of halogens is 1. The number of amides is 10. The van der Waals surface area contributed by atoms with E-state index >= 15 is 0 Å². The molecule has 7 aliphatic rings. The van der Waals surface area contributed by atoms with Crippen molar-refractivity contribution in [3.63, 3.8) is 0 Å². The number of carbonyl (C=O) groups is 10. The molecule has 24 heteroatoms. The highest BCUT2D eigenvalue weighted by atomic mass is 35.5. The van der Waals surface area contributed by atoms with E-state index in [9.17, 15) is 47.9 Å². The van der Waals surface area contributed by atoms with Crippen molar-refractivity contribution in [2.24, 2.45) is 17.8 Å². The van der Waals surface area contributed by atoms with Gasteiger partial charge in [-0.1, -0.05) is 163 Å². The Labute approximate surface area is 826 Å². The highest BCUT2D eigenvalue weighted by molar-refractivity contribution is 6.32. The standard InChI is InChI=1S/C14H20N2O.C14H16N2O.C12H15NO.C12H23NO.C11H12ClNO.C11H15NO.C11H21NO.C10H12N2O.C10H13NO.C8H17NO/c2*1-4-5-6-11-7-8-12-13(15-11)9-16(10(2)3)14(12)17;1-8(2)13-7-10-5-4-9(3)6-11(10)12(13)14;1-10(2)13-12(14)9-8-11-6-4-3-5-7-11;1-7(2)13-6-9-8(11(13)14)4-3-5-10(9)12;1-8(2)12-11(13)10-6-4-9(3)5-7-10;1-9(2)12-11(13)8-10-6-4-3-5-7-10;1-7(2)12-6-9-8(10(12)13)4-3-5-11-9;1-8(2)11-10(12)9-6-4-3-5-7-9;1-6(2)5-8(10)9-7(3)4/h7-8,10H,4-6,9H2,1-3H3;7-8,10H,4,9H2,1-3H3;4-6,8H,7H2,1-3H3;10-11H,3-9H2,1-2H3,(H,13,14);3-5,7H,6H2,1-2H3;4-8H,1-3H3,(H,12,13);9-10H,3-8H2,1-2H3,(H,12,13);3-5,7H,6H2,1-2H3;3-8H,1-2H3,(H,11,12);6-7H,5H2,1-4H3,(H,9,10). The summed E-state index contributed by atoms with van der Waals surface area (Å²) in [6.07, 6.45) is 22.4. The smallest absolute Gasteiger partial charge is 0.256 e. The summed E-state index contributed by atoms with van der Waals surface area (Å²) < 4.78 is 0. The summed E-state index contributed by atoms with van der Waals surface area (Å²) in [5.74, 6) is 9.12. The van der Waals surface area contributed by atoms with E-state index in [0.29, 0.717) is 55.0 Å². The summed E-state index contributed by atoms with van der Waals surface area (Å²) in [6, 6.07) is 42.1. The molecule has 748 valence electrons. The van der Waals surface area contributed by atoms with Crippen molar-refractivity contribution in [2.75, 3.05) is 0 Å². The van der Waals surface area contributed by atoms with Gasteiger partial charge < -0.3 is 51.1 Å². The van der Waals surface area contributed by atoms with Crippen molar-refractivity contribution in [1.29, 1.82) is 0 Å². The Morgan fingerprint density at radius 3 is 1.34 bits per heavy atom. The van der Waals surface area contributed by atoms with E-state index in [1.165, 1.54) is 76.2 Å². The number of nitrogens with zero attached hydrogens (tertiary/aromatic N) is 8. The molecule has 0 unspecified atom stereocenters. The molecule has 0 atom stereocenters. The second kappa shape index (κ2) is 59.9. The summed E-state index contributed by atoms with van der Waals surface area (Å²) in [4.78, 5) is 139. The average molecular weight is 1900 g/mol. The molecule has 4 aromatic carbocycles. The third kappa shape index (κ3) is 40.5. The molecule has 3 aromatic heterocycles. The fourth-order valence-electron chi connectivity index (χ4n) is 16.2. The summed E-state index contributed by atoms with van der Waals surface area (Å²) in [6.45, 7) is 55.7. The highest BCUT2D eigenvalue weighted by Crippen LogP contribution is 2.33. The molecule has 2 aliphatic carbocycles. The Hall–Kier alpha value is -11.1. The molecule has 7 aromatic rings. The zero-order valence-electron chi connectivity index (χ0n) is 87.5. The number of aryl methyl sites for hydroxylation is 3. The fourth-order valence-corrected chi connectivity index (χ4v) is 16.4. The highest BCUT2D eigenvalue weighted by Gasteiger charge is 2.35. The summed E-state index contributed by atoms with van der Waals surface area (Å²) in [7, 11) is 0. The lowest BCUT2D eigenvalue weighted by Crippen LogP contribution is -2.31. The van der Waals surface area contributed by atoms with Crippen molar-refractivity contribution in [1.82, 2.24) is 66.0 Å². The Bertz CT molecular complexity index is 5040. The van der Waals surface area contributed by atoms with Crippen molar-refractivity contribution < 1.29 is 47.9 Å². The van der Waals surface area contributed by atoms with Crippen LogP contribution in [-0.4, -0.2) is 159 Å². The molecule has 0 radical (unpaired) electrons. The lowest BCUT2D eigenvalue weighted by molar-refractivity contribution is -0.123. The van der Waals surface area contributed by atoms with Gasteiger partial charge in [-0.05, 0) is 293 Å². The van der Waals surface area contributed by atoms with Gasteiger partial charge in [0.15, 0.2) is 0 Å². The van der Waals surface area contributed by atoms with Gasteiger partial charge in [-0.3, -0.25) is 57.9 Å². The van der Waals surface area contributed by atoms with Gasteiger partial charge in [0.25, 0.3) is 41.4 Å². The normalized spacial score (nSPS) is 14.4.